The number of carbonyl (C=O) groups excluding carboxylic acids is 2. The highest BCUT2D eigenvalue weighted by Gasteiger charge is 2.45. The van der Waals surface area contributed by atoms with Gasteiger partial charge in [0, 0.05) is 18.7 Å². The Bertz CT molecular complexity index is 1010. The number of benzene rings is 2. The number of nitrogens with zero attached hydrogens (tertiary/aromatic N) is 2. The number of hydrogen-bond acceptors (Lipinski definition) is 5. The van der Waals surface area contributed by atoms with Crippen LogP contribution in [-0.2, 0) is 9.59 Å². The molecular weight excluding hydrogens is 423 g/mol. The first-order chi connectivity index (χ1) is 15.8. The number of ketones is 1. The standard InChI is InChI=1S/C26H31FN2O4/c1-5-28(6-2)15-16-29-23(18-7-11-20(27)12-8-18)22(25(31)26(29)32)24(30)19-9-13-21(14-10-19)33-17(3)4/h7-14,17,23,30H,5-6,15-16H2,1-4H3/t23-/m0/s1. The average Bonchev–Trinajstić information content (AvgIpc) is 3.05. The summed E-state index contributed by atoms with van der Waals surface area (Å²) in [4.78, 5) is 29.7. The number of aliphatic hydroxyl groups excluding tert-OH is 1. The van der Waals surface area contributed by atoms with Gasteiger partial charge in [0.1, 0.15) is 17.3 Å². The molecule has 0 radical (unpaired) electrons. The van der Waals surface area contributed by atoms with E-state index in [1.807, 2.05) is 27.7 Å². The lowest BCUT2D eigenvalue weighted by Crippen LogP contribution is -2.38. The molecule has 7 heteroatoms. The number of rotatable bonds is 9. The summed E-state index contributed by atoms with van der Waals surface area (Å²) in [6.45, 7) is 10.4. The summed E-state index contributed by atoms with van der Waals surface area (Å²) < 4.78 is 19.2. The molecule has 1 fully saturated rings. The van der Waals surface area contributed by atoms with Crippen molar-refractivity contribution in [3.63, 3.8) is 0 Å². The first-order valence-corrected chi connectivity index (χ1v) is 11.3. The third kappa shape index (κ3) is 5.42. The summed E-state index contributed by atoms with van der Waals surface area (Å²) >= 11 is 0. The predicted molar refractivity (Wildman–Crippen MR) is 125 cm³/mol. The molecule has 0 unspecified atom stereocenters. The van der Waals surface area contributed by atoms with Crippen LogP contribution >= 0.6 is 0 Å². The number of aliphatic hydroxyl groups is 1. The molecule has 1 heterocycles. The van der Waals surface area contributed by atoms with Crippen LogP contribution in [0.2, 0.25) is 0 Å². The van der Waals surface area contributed by atoms with Crippen molar-refractivity contribution in [2.24, 2.45) is 0 Å². The smallest absolute Gasteiger partial charge is 0.295 e. The Morgan fingerprint density at radius 2 is 1.67 bits per heavy atom. The van der Waals surface area contributed by atoms with E-state index in [2.05, 4.69) is 4.90 Å². The number of likely N-dealkylation sites (tertiary alicyclic amines) is 1. The molecule has 1 aliphatic rings. The van der Waals surface area contributed by atoms with Crippen molar-refractivity contribution in [2.45, 2.75) is 39.8 Å². The second-order valence-electron chi connectivity index (χ2n) is 8.26. The number of hydrogen-bond donors (Lipinski definition) is 1. The lowest BCUT2D eigenvalue weighted by Gasteiger charge is -2.28. The quantitative estimate of drug-likeness (QED) is 0.346. The van der Waals surface area contributed by atoms with E-state index < -0.39 is 23.5 Å². The maximum absolute atomic E-state index is 13.6. The summed E-state index contributed by atoms with van der Waals surface area (Å²) in [6.07, 6.45) is -0.000875. The molecule has 0 saturated carbocycles. The van der Waals surface area contributed by atoms with E-state index in [0.29, 0.717) is 30.0 Å². The van der Waals surface area contributed by atoms with Gasteiger partial charge in [-0.25, -0.2) is 4.39 Å². The Hall–Kier alpha value is -3.19. The lowest BCUT2D eigenvalue weighted by atomic mass is 9.95. The molecule has 0 bridgehead atoms. The molecule has 1 saturated heterocycles. The summed E-state index contributed by atoms with van der Waals surface area (Å²) in [7, 11) is 0. The van der Waals surface area contributed by atoms with Crippen LogP contribution in [0.15, 0.2) is 54.1 Å². The minimum atomic E-state index is -0.798. The summed E-state index contributed by atoms with van der Waals surface area (Å²) in [5.41, 5.74) is 0.972. The number of halogens is 1. The zero-order valence-corrected chi connectivity index (χ0v) is 19.5. The largest absolute Gasteiger partial charge is 0.507 e. The monoisotopic (exact) mass is 454 g/mol. The summed E-state index contributed by atoms with van der Waals surface area (Å²) in [5, 5.41) is 11.1. The zero-order valence-electron chi connectivity index (χ0n) is 19.5. The molecule has 1 amide bonds. The first-order valence-electron chi connectivity index (χ1n) is 11.3. The van der Waals surface area contributed by atoms with Crippen molar-refractivity contribution >= 4 is 17.4 Å². The van der Waals surface area contributed by atoms with Gasteiger partial charge >= 0.3 is 0 Å². The summed E-state index contributed by atoms with van der Waals surface area (Å²) in [6, 6.07) is 11.6. The lowest BCUT2D eigenvalue weighted by molar-refractivity contribution is -0.140. The molecule has 3 rings (SSSR count). The van der Waals surface area contributed by atoms with Gasteiger partial charge in [-0.1, -0.05) is 26.0 Å². The maximum Gasteiger partial charge on any atom is 0.295 e. The third-order valence-electron chi connectivity index (χ3n) is 5.78. The normalized spacial score (nSPS) is 17.9. The minimum Gasteiger partial charge on any atom is -0.507 e. The number of carbonyl (C=O) groups is 2. The van der Waals surface area contributed by atoms with Crippen molar-refractivity contribution in [3.05, 3.63) is 71.0 Å². The second-order valence-corrected chi connectivity index (χ2v) is 8.26. The van der Waals surface area contributed by atoms with Gasteiger partial charge in [0.15, 0.2) is 0 Å². The van der Waals surface area contributed by atoms with Crippen LogP contribution in [0.1, 0.15) is 44.9 Å². The fourth-order valence-electron chi connectivity index (χ4n) is 4.01. The Kier molecular flexibility index (Phi) is 7.87. The van der Waals surface area contributed by atoms with Crippen LogP contribution in [0.5, 0.6) is 5.75 Å². The number of ether oxygens (including phenoxy) is 1. The van der Waals surface area contributed by atoms with Crippen molar-refractivity contribution in [3.8, 4) is 5.75 Å². The van der Waals surface area contributed by atoms with Crippen molar-refractivity contribution in [1.82, 2.24) is 9.80 Å². The Labute approximate surface area is 194 Å². The van der Waals surface area contributed by atoms with E-state index in [-0.39, 0.29) is 17.4 Å². The second kappa shape index (κ2) is 10.6. The third-order valence-corrected chi connectivity index (χ3v) is 5.78. The number of likely N-dealkylation sites (N-methyl/N-ethyl adjacent to an activating group) is 1. The SMILES string of the molecule is CCN(CC)CCN1C(=O)C(=O)C(=C(O)c2ccc(OC(C)C)cc2)[C@@H]1c1ccc(F)cc1. The molecule has 0 spiro atoms. The van der Waals surface area contributed by atoms with Crippen LogP contribution in [-0.4, -0.2) is 58.9 Å². The van der Waals surface area contributed by atoms with Gasteiger partial charge in [-0.3, -0.25) is 9.59 Å². The molecule has 2 aromatic carbocycles. The van der Waals surface area contributed by atoms with Crippen molar-refractivity contribution < 1.29 is 23.8 Å². The van der Waals surface area contributed by atoms with Gasteiger partial charge in [-0.2, -0.15) is 0 Å². The Morgan fingerprint density at radius 3 is 2.21 bits per heavy atom. The minimum absolute atomic E-state index is 0.000875. The van der Waals surface area contributed by atoms with Gasteiger partial charge in [-0.15, -0.1) is 0 Å². The van der Waals surface area contributed by atoms with E-state index in [4.69, 9.17) is 4.74 Å². The number of amides is 1. The van der Waals surface area contributed by atoms with Gasteiger partial charge in [0.2, 0.25) is 0 Å². The zero-order chi connectivity index (χ0) is 24.1. The highest BCUT2D eigenvalue weighted by atomic mass is 19.1. The van der Waals surface area contributed by atoms with Crippen LogP contribution in [0.3, 0.4) is 0 Å². The molecule has 176 valence electrons. The fourth-order valence-corrected chi connectivity index (χ4v) is 4.01. The van der Waals surface area contributed by atoms with Gasteiger partial charge in [0.25, 0.3) is 11.7 Å². The van der Waals surface area contributed by atoms with E-state index in [0.717, 1.165) is 13.1 Å². The predicted octanol–water partition coefficient (Wildman–Crippen LogP) is 4.38. The van der Waals surface area contributed by atoms with E-state index in [1.165, 1.54) is 17.0 Å². The molecule has 33 heavy (non-hydrogen) atoms. The molecule has 1 atom stereocenters. The highest BCUT2D eigenvalue weighted by molar-refractivity contribution is 6.46. The van der Waals surface area contributed by atoms with Crippen LogP contribution in [0.4, 0.5) is 4.39 Å². The van der Waals surface area contributed by atoms with Gasteiger partial charge in [0.05, 0.1) is 17.7 Å². The van der Waals surface area contributed by atoms with E-state index >= 15 is 0 Å². The van der Waals surface area contributed by atoms with Crippen LogP contribution in [0.25, 0.3) is 5.76 Å². The molecule has 6 nitrogen and oxygen atoms in total. The van der Waals surface area contributed by atoms with Crippen molar-refractivity contribution in [1.29, 1.82) is 0 Å². The molecule has 1 aliphatic heterocycles. The Morgan fingerprint density at radius 1 is 1.06 bits per heavy atom. The average molecular weight is 455 g/mol. The van der Waals surface area contributed by atoms with Crippen molar-refractivity contribution in [2.75, 3.05) is 26.2 Å². The van der Waals surface area contributed by atoms with Crippen LogP contribution < -0.4 is 4.74 Å². The molecule has 0 aliphatic carbocycles. The first kappa shape index (κ1) is 24.5. The van der Waals surface area contributed by atoms with E-state index in [1.54, 1.807) is 36.4 Å². The fraction of sp³-hybridized carbons (Fsp3) is 0.385. The van der Waals surface area contributed by atoms with Gasteiger partial charge in [-0.05, 0) is 68.9 Å². The molecule has 0 aromatic heterocycles. The van der Waals surface area contributed by atoms with Gasteiger partial charge < -0.3 is 19.6 Å². The highest BCUT2D eigenvalue weighted by Crippen LogP contribution is 2.39. The Balaban J connectivity index is 2.04. The molecular formula is C26H31FN2O4. The number of Topliss-reactive ketones (excluding diaryl/α,β-unsaturated/α-hetero) is 1. The topological polar surface area (TPSA) is 70.1 Å². The summed E-state index contributed by atoms with van der Waals surface area (Å²) in [5.74, 6) is -1.46. The molecule has 2 aromatic rings. The molecule has 1 N–H and O–H groups in total. The van der Waals surface area contributed by atoms with E-state index in [9.17, 15) is 19.1 Å². The van der Waals surface area contributed by atoms with Crippen LogP contribution in [0, 0.1) is 5.82 Å². The maximum atomic E-state index is 13.6.